The fourth-order valence-corrected chi connectivity index (χ4v) is 2.58. The molecule has 2 aromatic rings. The van der Waals surface area contributed by atoms with Crippen LogP contribution < -0.4 is 9.47 Å². The largest absolute Gasteiger partial charge is 0.479 e. The Morgan fingerprint density at radius 3 is 2.16 bits per heavy atom. The topological polar surface area (TPSA) is 143 Å². The van der Waals surface area contributed by atoms with Crippen LogP contribution in [0.4, 0.5) is 0 Å². The van der Waals surface area contributed by atoms with Gasteiger partial charge in [-0.05, 0) is 42.3 Å². The highest BCUT2D eigenvalue weighted by Crippen LogP contribution is 2.29. The van der Waals surface area contributed by atoms with Gasteiger partial charge in [0.25, 0.3) is 0 Å². The molecule has 0 radical (unpaired) electrons. The predicted octanol–water partition coefficient (Wildman–Crippen LogP) is 1.28. The molecule has 10 nitrogen and oxygen atoms in total. The van der Waals surface area contributed by atoms with Crippen LogP contribution in [0.1, 0.15) is 22.3 Å². The lowest BCUT2D eigenvalue weighted by atomic mass is 10.1. The summed E-state index contributed by atoms with van der Waals surface area (Å²) < 4.78 is 10.2. The second kappa shape index (κ2) is 11.3. The number of carboxylic acid groups (broad SMARTS) is 2. The summed E-state index contributed by atoms with van der Waals surface area (Å²) in [6, 6.07) is 7.59. The van der Waals surface area contributed by atoms with Crippen LogP contribution in [0.2, 0.25) is 0 Å². The van der Waals surface area contributed by atoms with Gasteiger partial charge in [0.2, 0.25) is 5.91 Å². The zero-order chi connectivity index (χ0) is 22.8. The van der Waals surface area contributed by atoms with Gasteiger partial charge in [0.1, 0.15) is 0 Å². The molecule has 0 saturated carbocycles. The zero-order valence-corrected chi connectivity index (χ0v) is 16.8. The Balaban J connectivity index is 2.03. The third-order valence-electron chi connectivity index (χ3n) is 4.15. The quantitative estimate of drug-likeness (QED) is 0.476. The van der Waals surface area contributed by atoms with Crippen molar-refractivity contribution in [2.45, 2.75) is 12.8 Å². The minimum atomic E-state index is -1.25. The molecule has 1 aromatic heterocycles. The average molecular weight is 430 g/mol. The molecule has 1 amide bonds. The number of Topliss-reactive ketones (excluding diaryl/α,β-unsaturated/α-hetero) is 1. The third kappa shape index (κ3) is 7.77. The average Bonchev–Trinajstić information content (AvgIpc) is 2.75. The molecule has 0 bridgehead atoms. The second-order valence-electron chi connectivity index (χ2n) is 6.55. The number of likely N-dealkylation sites (N-methyl/N-ethyl adjacent to an activating group) is 1. The van der Waals surface area contributed by atoms with Crippen LogP contribution in [0.5, 0.6) is 11.5 Å². The van der Waals surface area contributed by atoms with Gasteiger partial charge in [-0.15, -0.1) is 0 Å². The van der Waals surface area contributed by atoms with Gasteiger partial charge < -0.3 is 24.6 Å². The van der Waals surface area contributed by atoms with E-state index < -0.39 is 30.9 Å². The number of aliphatic carboxylic acids is 2. The molecule has 0 saturated heterocycles. The summed E-state index contributed by atoms with van der Waals surface area (Å²) in [4.78, 5) is 51.6. The van der Waals surface area contributed by atoms with Crippen molar-refractivity contribution >= 4 is 23.6 Å². The number of carbonyl (C=O) groups is 4. The van der Waals surface area contributed by atoms with Crippen LogP contribution in [0.15, 0.2) is 42.7 Å². The lowest BCUT2D eigenvalue weighted by Crippen LogP contribution is -2.32. The first-order valence-corrected chi connectivity index (χ1v) is 9.25. The van der Waals surface area contributed by atoms with E-state index in [1.54, 1.807) is 12.4 Å². The maximum absolute atomic E-state index is 12.6. The van der Waals surface area contributed by atoms with Crippen molar-refractivity contribution in [3.05, 3.63) is 53.9 Å². The molecule has 164 valence electrons. The zero-order valence-electron chi connectivity index (χ0n) is 16.8. The normalized spacial score (nSPS) is 10.2. The number of hydrogen-bond acceptors (Lipinski definition) is 7. The number of nitrogens with zero attached hydrogens (tertiary/aromatic N) is 2. The molecule has 1 heterocycles. The Morgan fingerprint density at radius 1 is 0.935 bits per heavy atom. The number of rotatable bonds is 12. The number of benzene rings is 1. The molecule has 2 N–H and O–H groups in total. The third-order valence-corrected chi connectivity index (χ3v) is 4.15. The summed E-state index contributed by atoms with van der Waals surface area (Å²) in [7, 11) is 1.51. The second-order valence-corrected chi connectivity index (χ2v) is 6.55. The van der Waals surface area contributed by atoms with Crippen LogP contribution in [-0.2, 0) is 20.8 Å². The molecule has 31 heavy (non-hydrogen) atoms. The molecule has 0 atom stereocenters. The molecule has 2 rings (SSSR count). The fraction of sp³-hybridized carbons (Fsp3) is 0.286. The summed E-state index contributed by atoms with van der Waals surface area (Å²) in [5, 5.41) is 17.5. The minimum Gasteiger partial charge on any atom is -0.479 e. The van der Waals surface area contributed by atoms with Gasteiger partial charge in [0.05, 0.1) is 6.54 Å². The molecule has 0 aliphatic rings. The molecular formula is C21H22N2O8. The van der Waals surface area contributed by atoms with E-state index in [2.05, 4.69) is 4.98 Å². The number of aromatic nitrogens is 1. The van der Waals surface area contributed by atoms with Crippen LogP contribution in [0.3, 0.4) is 0 Å². The summed E-state index contributed by atoms with van der Waals surface area (Å²) in [5.41, 5.74) is 1.12. The lowest BCUT2D eigenvalue weighted by Gasteiger charge is -2.17. The van der Waals surface area contributed by atoms with E-state index in [4.69, 9.17) is 19.7 Å². The summed E-state index contributed by atoms with van der Waals surface area (Å²) >= 11 is 0. The minimum absolute atomic E-state index is 0.0121. The molecule has 0 fully saturated rings. The van der Waals surface area contributed by atoms with Gasteiger partial charge in [-0.3, -0.25) is 14.6 Å². The Morgan fingerprint density at radius 2 is 1.55 bits per heavy atom. The van der Waals surface area contributed by atoms with Gasteiger partial charge >= 0.3 is 11.9 Å². The maximum Gasteiger partial charge on any atom is 0.341 e. The van der Waals surface area contributed by atoms with Crippen molar-refractivity contribution in [2.24, 2.45) is 0 Å². The smallest absolute Gasteiger partial charge is 0.341 e. The van der Waals surface area contributed by atoms with E-state index in [0.717, 1.165) is 5.56 Å². The standard InChI is InChI=1S/C21H22N2O8/c1-23(19(25)5-2-14-6-8-22-9-7-14)11-16(24)15-3-4-17(30-12-20(26)27)18(10-15)31-13-21(28)29/h3-4,6-10H,2,5,11-13H2,1H3,(H,26,27)(H,28,29). The molecule has 1 aromatic carbocycles. The van der Waals surface area contributed by atoms with Crippen LogP contribution in [-0.4, -0.2) is 70.5 Å². The number of pyridine rings is 1. The number of ketones is 1. The first-order chi connectivity index (χ1) is 14.8. The van der Waals surface area contributed by atoms with E-state index in [1.165, 1.54) is 30.1 Å². The first-order valence-electron chi connectivity index (χ1n) is 9.25. The monoisotopic (exact) mass is 430 g/mol. The van der Waals surface area contributed by atoms with Crippen LogP contribution in [0, 0.1) is 0 Å². The first kappa shape index (κ1) is 23.3. The molecule has 0 unspecified atom stereocenters. The lowest BCUT2D eigenvalue weighted by molar-refractivity contribution is -0.140. The van der Waals surface area contributed by atoms with E-state index in [-0.39, 0.29) is 35.9 Å². The number of carboxylic acids is 2. The Labute approximate surface area is 178 Å². The number of hydrogen-bond donors (Lipinski definition) is 2. The molecule has 0 spiro atoms. The van der Waals surface area contributed by atoms with Crippen molar-refractivity contribution in [1.82, 2.24) is 9.88 Å². The highest BCUT2D eigenvalue weighted by Gasteiger charge is 2.17. The Kier molecular flexibility index (Phi) is 8.50. The number of carbonyl (C=O) groups excluding carboxylic acids is 2. The van der Waals surface area contributed by atoms with Crippen molar-refractivity contribution < 1.29 is 38.9 Å². The Bertz CT molecular complexity index is 946. The van der Waals surface area contributed by atoms with Crippen molar-refractivity contribution in [2.75, 3.05) is 26.8 Å². The maximum atomic E-state index is 12.6. The summed E-state index contributed by atoms with van der Waals surface area (Å²) in [6.07, 6.45) is 4.02. The predicted molar refractivity (Wildman–Crippen MR) is 107 cm³/mol. The Hall–Kier alpha value is -3.95. The molecule has 0 aliphatic carbocycles. The van der Waals surface area contributed by atoms with E-state index in [9.17, 15) is 19.2 Å². The highest BCUT2D eigenvalue weighted by atomic mass is 16.5. The van der Waals surface area contributed by atoms with Crippen LogP contribution >= 0.6 is 0 Å². The van der Waals surface area contributed by atoms with Crippen molar-refractivity contribution in [3.63, 3.8) is 0 Å². The van der Waals surface area contributed by atoms with Gasteiger partial charge in [-0.1, -0.05) is 0 Å². The van der Waals surface area contributed by atoms with Gasteiger partial charge in [-0.2, -0.15) is 0 Å². The van der Waals surface area contributed by atoms with Crippen molar-refractivity contribution in [1.29, 1.82) is 0 Å². The van der Waals surface area contributed by atoms with E-state index >= 15 is 0 Å². The summed E-state index contributed by atoms with van der Waals surface area (Å²) in [6.45, 7) is -1.55. The SMILES string of the molecule is CN(CC(=O)c1ccc(OCC(=O)O)c(OCC(=O)O)c1)C(=O)CCc1ccncc1. The fourth-order valence-electron chi connectivity index (χ4n) is 2.58. The van der Waals surface area contributed by atoms with E-state index in [0.29, 0.717) is 6.42 Å². The van der Waals surface area contributed by atoms with Gasteiger partial charge in [0, 0.05) is 31.4 Å². The highest BCUT2D eigenvalue weighted by molar-refractivity contribution is 5.99. The van der Waals surface area contributed by atoms with E-state index in [1.807, 2.05) is 12.1 Å². The molecule has 0 aliphatic heterocycles. The van der Waals surface area contributed by atoms with Crippen LogP contribution in [0.25, 0.3) is 0 Å². The number of aryl methyl sites for hydroxylation is 1. The summed E-state index contributed by atoms with van der Waals surface area (Å²) in [5.74, 6) is -3.18. The van der Waals surface area contributed by atoms with Gasteiger partial charge in [0.15, 0.2) is 30.5 Å². The van der Waals surface area contributed by atoms with Gasteiger partial charge in [-0.25, -0.2) is 9.59 Å². The molecule has 10 heteroatoms. The van der Waals surface area contributed by atoms with Crippen molar-refractivity contribution in [3.8, 4) is 11.5 Å². The number of amides is 1. The molecular weight excluding hydrogens is 408 g/mol. The number of ether oxygens (including phenoxy) is 2.